The molecule has 0 amide bonds. The van der Waals surface area contributed by atoms with E-state index in [4.69, 9.17) is 5.11 Å². The van der Waals surface area contributed by atoms with Crippen LogP contribution in [-0.2, 0) is 4.79 Å². The first-order valence-electron chi connectivity index (χ1n) is 5.21. The van der Waals surface area contributed by atoms with E-state index in [0.717, 1.165) is 28.8 Å². The topological polar surface area (TPSA) is 53.4 Å². The number of rotatable bonds is 2. The van der Waals surface area contributed by atoms with Crippen LogP contribution in [-0.4, -0.2) is 28.6 Å². The van der Waals surface area contributed by atoms with Crippen LogP contribution >= 0.6 is 15.9 Å². The number of halogens is 1. The SMILES string of the molecule is Cc1cc(N2CCC[C@@H]2C(=O)O)ncc1Br. The van der Waals surface area contributed by atoms with Gasteiger partial charge in [-0.15, -0.1) is 0 Å². The molecule has 1 fully saturated rings. The van der Waals surface area contributed by atoms with Crippen molar-refractivity contribution in [3.05, 3.63) is 22.3 Å². The van der Waals surface area contributed by atoms with Gasteiger partial charge in [-0.2, -0.15) is 0 Å². The molecule has 1 aromatic heterocycles. The largest absolute Gasteiger partial charge is 0.480 e. The Labute approximate surface area is 102 Å². The predicted molar refractivity (Wildman–Crippen MR) is 64.7 cm³/mol. The molecule has 1 aliphatic rings. The fourth-order valence-corrected chi connectivity index (χ4v) is 2.20. The van der Waals surface area contributed by atoms with Crippen molar-refractivity contribution >= 4 is 27.7 Å². The van der Waals surface area contributed by atoms with E-state index < -0.39 is 12.0 Å². The molecule has 0 aromatic carbocycles. The zero-order chi connectivity index (χ0) is 11.7. The minimum Gasteiger partial charge on any atom is -0.480 e. The summed E-state index contributed by atoms with van der Waals surface area (Å²) in [6.45, 7) is 2.74. The van der Waals surface area contributed by atoms with Crippen LogP contribution in [0.3, 0.4) is 0 Å². The Hall–Kier alpha value is -1.10. The number of hydrogen-bond acceptors (Lipinski definition) is 3. The fraction of sp³-hybridized carbons (Fsp3) is 0.455. The van der Waals surface area contributed by atoms with Gasteiger partial charge in [-0.3, -0.25) is 0 Å². The highest BCUT2D eigenvalue weighted by Crippen LogP contribution is 2.26. The summed E-state index contributed by atoms with van der Waals surface area (Å²) in [4.78, 5) is 17.2. The van der Waals surface area contributed by atoms with Crippen LogP contribution in [0.4, 0.5) is 5.82 Å². The van der Waals surface area contributed by atoms with Gasteiger partial charge in [-0.05, 0) is 47.3 Å². The van der Waals surface area contributed by atoms with Crippen LogP contribution in [0, 0.1) is 6.92 Å². The summed E-state index contributed by atoms with van der Waals surface area (Å²) in [5, 5.41) is 9.09. The molecule has 1 aliphatic heterocycles. The summed E-state index contributed by atoms with van der Waals surface area (Å²) in [5.41, 5.74) is 1.07. The molecule has 1 atom stereocenters. The standard InChI is InChI=1S/C11H13BrN2O2/c1-7-5-10(13-6-8(7)12)14-4-2-3-9(14)11(15)16/h5-6,9H,2-4H2,1H3,(H,15,16)/t9-/m1/s1. The normalized spacial score (nSPS) is 20.1. The Morgan fingerprint density at radius 3 is 3.06 bits per heavy atom. The molecule has 1 N–H and O–H groups in total. The summed E-state index contributed by atoms with van der Waals surface area (Å²) in [7, 11) is 0. The van der Waals surface area contributed by atoms with Crippen LogP contribution < -0.4 is 4.90 Å². The van der Waals surface area contributed by atoms with Gasteiger partial charge < -0.3 is 10.0 Å². The lowest BCUT2D eigenvalue weighted by Crippen LogP contribution is -2.36. The van der Waals surface area contributed by atoms with Crippen molar-refractivity contribution in [1.29, 1.82) is 0 Å². The first kappa shape index (κ1) is 11.4. The van der Waals surface area contributed by atoms with Gasteiger partial charge in [0.2, 0.25) is 0 Å². The molecule has 0 saturated carbocycles. The van der Waals surface area contributed by atoms with Crippen LogP contribution in [0.5, 0.6) is 0 Å². The van der Waals surface area contributed by atoms with E-state index in [9.17, 15) is 4.79 Å². The number of pyridine rings is 1. The molecule has 2 rings (SSSR count). The molecule has 0 unspecified atom stereocenters. The highest BCUT2D eigenvalue weighted by atomic mass is 79.9. The lowest BCUT2D eigenvalue weighted by Gasteiger charge is -2.22. The van der Waals surface area contributed by atoms with Gasteiger partial charge >= 0.3 is 5.97 Å². The number of anilines is 1. The first-order chi connectivity index (χ1) is 7.59. The first-order valence-corrected chi connectivity index (χ1v) is 6.00. The molecule has 0 bridgehead atoms. The van der Waals surface area contributed by atoms with Gasteiger partial charge in [0.15, 0.2) is 0 Å². The molecule has 0 aliphatic carbocycles. The molecule has 0 radical (unpaired) electrons. The Morgan fingerprint density at radius 2 is 2.44 bits per heavy atom. The van der Waals surface area contributed by atoms with Gasteiger partial charge in [-0.25, -0.2) is 9.78 Å². The van der Waals surface area contributed by atoms with E-state index >= 15 is 0 Å². The number of carbonyl (C=O) groups is 1. The van der Waals surface area contributed by atoms with Gasteiger partial charge in [0.1, 0.15) is 11.9 Å². The third kappa shape index (κ3) is 2.04. The molecule has 1 saturated heterocycles. The smallest absolute Gasteiger partial charge is 0.326 e. The maximum atomic E-state index is 11.1. The van der Waals surface area contributed by atoms with Crippen molar-refractivity contribution in [2.45, 2.75) is 25.8 Å². The summed E-state index contributed by atoms with van der Waals surface area (Å²) in [6.07, 6.45) is 3.34. The lowest BCUT2D eigenvalue weighted by molar-refractivity contribution is -0.138. The highest BCUT2D eigenvalue weighted by molar-refractivity contribution is 9.10. The zero-order valence-electron chi connectivity index (χ0n) is 8.98. The number of aryl methyl sites for hydroxylation is 1. The van der Waals surface area contributed by atoms with Gasteiger partial charge in [0, 0.05) is 17.2 Å². The number of aliphatic carboxylic acids is 1. The van der Waals surface area contributed by atoms with E-state index in [-0.39, 0.29) is 0 Å². The van der Waals surface area contributed by atoms with E-state index in [1.54, 1.807) is 6.20 Å². The quantitative estimate of drug-likeness (QED) is 0.905. The summed E-state index contributed by atoms with van der Waals surface area (Å²) in [6, 6.07) is 1.50. The van der Waals surface area contributed by atoms with E-state index in [0.29, 0.717) is 6.42 Å². The summed E-state index contributed by atoms with van der Waals surface area (Å²) >= 11 is 3.38. The summed E-state index contributed by atoms with van der Waals surface area (Å²) in [5.74, 6) is -0.00882. The maximum Gasteiger partial charge on any atom is 0.326 e. The Morgan fingerprint density at radius 1 is 1.69 bits per heavy atom. The number of aromatic nitrogens is 1. The predicted octanol–water partition coefficient (Wildman–Crippen LogP) is 2.21. The van der Waals surface area contributed by atoms with Crippen molar-refractivity contribution in [1.82, 2.24) is 4.98 Å². The molecule has 1 aromatic rings. The minimum absolute atomic E-state index is 0.423. The average Bonchev–Trinajstić information content (AvgIpc) is 2.71. The van der Waals surface area contributed by atoms with Crippen molar-refractivity contribution in [3.63, 3.8) is 0 Å². The second kappa shape index (κ2) is 4.41. The van der Waals surface area contributed by atoms with Crippen molar-refractivity contribution in [3.8, 4) is 0 Å². The summed E-state index contributed by atoms with van der Waals surface area (Å²) < 4.78 is 0.947. The molecule has 86 valence electrons. The van der Waals surface area contributed by atoms with Crippen LogP contribution in [0.2, 0.25) is 0 Å². The van der Waals surface area contributed by atoms with Crippen LogP contribution in [0.25, 0.3) is 0 Å². The molecular weight excluding hydrogens is 272 g/mol. The van der Waals surface area contributed by atoms with E-state index in [1.807, 2.05) is 17.9 Å². The maximum absolute atomic E-state index is 11.1. The fourth-order valence-electron chi connectivity index (χ4n) is 1.98. The van der Waals surface area contributed by atoms with Gasteiger partial charge in [0.25, 0.3) is 0 Å². The average molecular weight is 285 g/mol. The van der Waals surface area contributed by atoms with Crippen molar-refractivity contribution in [2.75, 3.05) is 11.4 Å². The molecule has 4 nitrogen and oxygen atoms in total. The monoisotopic (exact) mass is 284 g/mol. The second-order valence-corrected chi connectivity index (χ2v) is 4.84. The molecule has 16 heavy (non-hydrogen) atoms. The Balaban J connectivity index is 2.29. The third-order valence-corrected chi connectivity index (χ3v) is 3.69. The zero-order valence-corrected chi connectivity index (χ0v) is 10.6. The lowest BCUT2D eigenvalue weighted by atomic mass is 10.2. The molecule has 5 heteroatoms. The molecule has 0 spiro atoms. The van der Waals surface area contributed by atoms with Crippen LogP contribution in [0.1, 0.15) is 18.4 Å². The van der Waals surface area contributed by atoms with Crippen molar-refractivity contribution in [2.24, 2.45) is 0 Å². The number of carboxylic acid groups (broad SMARTS) is 1. The second-order valence-electron chi connectivity index (χ2n) is 3.98. The molecule has 2 heterocycles. The Kier molecular flexibility index (Phi) is 3.14. The van der Waals surface area contributed by atoms with Crippen LogP contribution in [0.15, 0.2) is 16.7 Å². The number of carboxylic acids is 1. The van der Waals surface area contributed by atoms with Gasteiger partial charge in [0.05, 0.1) is 0 Å². The van der Waals surface area contributed by atoms with Gasteiger partial charge in [-0.1, -0.05) is 0 Å². The number of nitrogens with zero attached hydrogens (tertiary/aromatic N) is 2. The number of hydrogen-bond donors (Lipinski definition) is 1. The van der Waals surface area contributed by atoms with E-state index in [1.165, 1.54) is 0 Å². The Bertz CT molecular complexity index is 422. The van der Waals surface area contributed by atoms with Crippen molar-refractivity contribution < 1.29 is 9.90 Å². The molecular formula is C11H13BrN2O2. The third-order valence-electron chi connectivity index (χ3n) is 2.86. The van der Waals surface area contributed by atoms with E-state index in [2.05, 4.69) is 20.9 Å². The highest BCUT2D eigenvalue weighted by Gasteiger charge is 2.31. The minimum atomic E-state index is -0.764.